The summed E-state index contributed by atoms with van der Waals surface area (Å²) in [7, 11) is 0. The van der Waals surface area contributed by atoms with E-state index in [9.17, 15) is 13.2 Å². The molecule has 0 unspecified atom stereocenters. The van der Waals surface area contributed by atoms with Gasteiger partial charge in [0.15, 0.2) is 0 Å². The smallest absolute Gasteiger partial charge is 0.219 e. The summed E-state index contributed by atoms with van der Waals surface area (Å²) in [4.78, 5) is 0.823. The second-order valence-corrected chi connectivity index (χ2v) is 5.88. The van der Waals surface area contributed by atoms with E-state index in [-0.39, 0.29) is 0 Å². The van der Waals surface area contributed by atoms with Crippen LogP contribution in [0, 0.1) is 0 Å². The van der Waals surface area contributed by atoms with E-state index in [2.05, 4.69) is 18.4 Å². The Balaban J connectivity index is 2.91. The third kappa shape index (κ3) is 4.76. The van der Waals surface area contributed by atoms with Crippen LogP contribution in [0.15, 0.2) is 29.2 Å². The summed E-state index contributed by atoms with van der Waals surface area (Å²) in [6, 6.07) is 5.30. The highest BCUT2D eigenvalue weighted by molar-refractivity contribution is 8.38. The Labute approximate surface area is 120 Å². The Morgan fingerprint density at radius 3 is 2.00 bits per heavy atom. The predicted octanol–water partition coefficient (Wildman–Crippen LogP) is 4.57. The maximum atomic E-state index is 12.5. The second-order valence-electron chi connectivity index (χ2n) is 3.77. The van der Waals surface area contributed by atoms with Gasteiger partial charge in [-0.05, 0) is 56.1 Å². The third-order valence-electron chi connectivity index (χ3n) is 2.58. The van der Waals surface area contributed by atoms with Crippen LogP contribution in [0.25, 0.3) is 0 Å². The van der Waals surface area contributed by atoms with Gasteiger partial charge in [0.2, 0.25) is 0 Å². The van der Waals surface area contributed by atoms with Gasteiger partial charge in [-0.15, -0.1) is 0 Å². The van der Waals surface area contributed by atoms with E-state index in [1.54, 1.807) is 11.8 Å². The zero-order chi connectivity index (χ0) is 14.5. The van der Waals surface area contributed by atoms with Crippen molar-refractivity contribution in [2.45, 2.75) is 24.9 Å². The van der Waals surface area contributed by atoms with Gasteiger partial charge in [0.1, 0.15) is 13.1 Å². The fourth-order valence-electron chi connectivity index (χ4n) is 1.53. The highest BCUT2D eigenvalue weighted by Gasteiger charge is 2.30. The van der Waals surface area contributed by atoms with Crippen molar-refractivity contribution in [3.63, 3.8) is 0 Å². The average Bonchev–Trinajstić information content (AvgIpc) is 2.38. The lowest BCUT2D eigenvalue weighted by Gasteiger charge is -2.08. The lowest BCUT2D eigenvalue weighted by atomic mass is 10.2. The first-order valence-corrected chi connectivity index (χ1v) is 7.97. The van der Waals surface area contributed by atoms with Crippen LogP contribution in [0.1, 0.15) is 19.4 Å². The summed E-state index contributed by atoms with van der Waals surface area (Å²) < 4.78 is 40.7. The molecule has 0 N–H and O–H groups in total. The minimum absolute atomic E-state index is 0.606. The van der Waals surface area contributed by atoms with Crippen LogP contribution in [-0.2, 0) is 6.18 Å². The lowest BCUT2D eigenvalue weighted by Crippen LogP contribution is -2.16. The molecule has 0 spiro atoms. The Morgan fingerprint density at radius 1 is 1.11 bits per heavy atom. The van der Waals surface area contributed by atoms with Gasteiger partial charge >= 0.3 is 6.18 Å². The predicted molar refractivity (Wildman–Crippen MR) is 77.2 cm³/mol. The molecule has 0 radical (unpaired) electrons. The normalized spacial score (nSPS) is 11.5. The quantitative estimate of drug-likeness (QED) is 0.348. The maximum Gasteiger partial charge on any atom is 0.416 e. The zero-order valence-electron chi connectivity index (χ0n) is 11.1. The monoisotopic (exact) mass is 308 g/mol. The topological polar surface area (TPSA) is 3.01 Å². The summed E-state index contributed by atoms with van der Waals surface area (Å²) >= 11 is 3.12. The Kier molecular flexibility index (Phi) is 6.26. The van der Waals surface area contributed by atoms with Gasteiger partial charge in [0.25, 0.3) is 4.38 Å². The number of rotatable bonds is 3. The molecule has 0 amide bonds. The molecule has 0 fully saturated rings. The standard InChI is InChI=1S/C13H17F3NS2/c1-4-17(5-2)12(18-3)19-11-8-6-10(7-9-11)13(14,15)16/h6-9H,4-5H2,1-3H3/q+1. The number of benzene rings is 1. The number of hydrogen-bond donors (Lipinski definition) is 0. The van der Waals surface area contributed by atoms with Crippen LogP contribution in [0.2, 0.25) is 0 Å². The van der Waals surface area contributed by atoms with E-state index >= 15 is 0 Å². The molecular weight excluding hydrogens is 291 g/mol. The Bertz CT molecular complexity index is 432. The van der Waals surface area contributed by atoms with E-state index in [4.69, 9.17) is 0 Å². The highest BCUT2D eigenvalue weighted by Crippen LogP contribution is 2.31. The summed E-state index contributed by atoms with van der Waals surface area (Å²) in [5.41, 5.74) is -0.606. The van der Waals surface area contributed by atoms with Crippen LogP contribution < -0.4 is 0 Å². The first-order valence-electron chi connectivity index (χ1n) is 5.93. The minimum Gasteiger partial charge on any atom is -0.219 e. The second kappa shape index (κ2) is 7.24. The van der Waals surface area contributed by atoms with E-state index in [1.165, 1.54) is 23.9 Å². The molecule has 0 bridgehead atoms. The molecular formula is C13H17F3NS2+. The van der Waals surface area contributed by atoms with Gasteiger partial charge in [-0.3, -0.25) is 0 Å². The van der Waals surface area contributed by atoms with Gasteiger partial charge in [-0.2, -0.15) is 13.2 Å². The highest BCUT2D eigenvalue weighted by atomic mass is 32.2. The largest absolute Gasteiger partial charge is 0.416 e. The first kappa shape index (κ1) is 16.4. The summed E-state index contributed by atoms with van der Waals surface area (Å²) in [6.07, 6.45) is -2.29. The number of halogens is 3. The van der Waals surface area contributed by atoms with Gasteiger partial charge in [-0.25, -0.2) is 4.58 Å². The summed E-state index contributed by atoms with van der Waals surface area (Å²) in [6.45, 7) is 5.90. The van der Waals surface area contributed by atoms with Crippen LogP contribution in [0.4, 0.5) is 13.2 Å². The number of hydrogen-bond acceptors (Lipinski definition) is 2. The van der Waals surface area contributed by atoms with Crippen LogP contribution in [-0.4, -0.2) is 28.3 Å². The van der Waals surface area contributed by atoms with Crippen LogP contribution >= 0.6 is 23.5 Å². The molecule has 0 aliphatic carbocycles. The minimum atomic E-state index is -4.27. The van der Waals surface area contributed by atoms with Gasteiger partial charge in [-0.1, -0.05) is 11.8 Å². The number of thioether (sulfide) groups is 2. The molecule has 1 aromatic rings. The molecule has 0 saturated carbocycles. The van der Waals surface area contributed by atoms with Crippen LogP contribution in [0.5, 0.6) is 0 Å². The molecule has 1 nitrogen and oxygen atoms in total. The third-order valence-corrected chi connectivity index (χ3v) is 4.88. The summed E-state index contributed by atoms with van der Waals surface area (Å²) in [5.74, 6) is 0. The van der Waals surface area contributed by atoms with Crippen molar-refractivity contribution in [3.05, 3.63) is 29.8 Å². The van der Waals surface area contributed by atoms with Gasteiger partial charge in [0, 0.05) is 4.90 Å². The average molecular weight is 308 g/mol. The molecule has 0 heterocycles. The fourth-order valence-corrected chi connectivity index (χ4v) is 3.53. The molecule has 0 aliphatic rings. The molecule has 6 heteroatoms. The van der Waals surface area contributed by atoms with Crippen molar-refractivity contribution in [1.29, 1.82) is 0 Å². The van der Waals surface area contributed by atoms with Crippen molar-refractivity contribution >= 4 is 27.9 Å². The number of alkyl halides is 3. The van der Waals surface area contributed by atoms with Crippen molar-refractivity contribution in [2.75, 3.05) is 19.3 Å². The van der Waals surface area contributed by atoms with Crippen molar-refractivity contribution in [1.82, 2.24) is 0 Å². The van der Waals surface area contributed by atoms with E-state index in [1.807, 2.05) is 6.26 Å². The molecule has 19 heavy (non-hydrogen) atoms. The van der Waals surface area contributed by atoms with Crippen molar-refractivity contribution < 1.29 is 17.7 Å². The van der Waals surface area contributed by atoms with Gasteiger partial charge < -0.3 is 0 Å². The molecule has 0 saturated heterocycles. The van der Waals surface area contributed by atoms with E-state index in [0.717, 1.165) is 34.5 Å². The molecule has 1 aromatic carbocycles. The Hall–Kier alpha value is -0.620. The number of nitrogens with zero attached hydrogens (tertiary/aromatic N) is 1. The fraction of sp³-hybridized carbons (Fsp3) is 0.462. The maximum absolute atomic E-state index is 12.5. The molecule has 0 aliphatic heterocycles. The lowest BCUT2D eigenvalue weighted by molar-refractivity contribution is -0.515. The summed E-state index contributed by atoms with van der Waals surface area (Å²) in [5, 5.41) is 0. The van der Waals surface area contributed by atoms with E-state index < -0.39 is 11.7 Å². The molecule has 1 rings (SSSR count). The van der Waals surface area contributed by atoms with Gasteiger partial charge in [0.05, 0.1) is 5.56 Å². The van der Waals surface area contributed by atoms with Crippen molar-refractivity contribution in [3.8, 4) is 0 Å². The van der Waals surface area contributed by atoms with Crippen molar-refractivity contribution in [2.24, 2.45) is 0 Å². The first-order chi connectivity index (χ1) is 8.92. The zero-order valence-corrected chi connectivity index (χ0v) is 12.8. The SMILES string of the molecule is CC[N+](CC)=C(SC)Sc1ccc(C(F)(F)F)cc1. The molecule has 0 aromatic heterocycles. The van der Waals surface area contributed by atoms with E-state index in [0.29, 0.717) is 0 Å². The molecule has 106 valence electrons. The Morgan fingerprint density at radius 2 is 1.63 bits per heavy atom. The van der Waals surface area contributed by atoms with Crippen LogP contribution in [0.3, 0.4) is 0 Å². The molecule has 0 atom stereocenters.